The van der Waals surface area contributed by atoms with Gasteiger partial charge in [-0.1, -0.05) is 17.4 Å². The zero-order valence-electron chi connectivity index (χ0n) is 17.4. The number of nitrogens with zero attached hydrogens (tertiary/aromatic N) is 3. The Labute approximate surface area is 193 Å². The number of hydrogen-bond donors (Lipinski definition) is 0. The lowest BCUT2D eigenvalue weighted by Gasteiger charge is -2.21. The first-order valence-corrected chi connectivity index (χ1v) is 12.5. The van der Waals surface area contributed by atoms with Crippen molar-refractivity contribution in [2.75, 3.05) is 13.3 Å². The van der Waals surface area contributed by atoms with Crippen molar-refractivity contribution in [3.63, 3.8) is 0 Å². The van der Waals surface area contributed by atoms with E-state index >= 15 is 0 Å². The van der Waals surface area contributed by atoms with Crippen molar-refractivity contribution in [1.82, 2.24) is 8.87 Å². The predicted octanol–water partition coefficient (Wildman–Crippen LogP) is 3.04. The van der Waals surface area contributed by atoms with E-state index in [-0.39, 0.29) is 18.2 Å². The van der Waals surface area contributed by atoms with Gasteiger partial charge in [0.2, 0.25) is 16.8 Å². The third-order valence-electron chi connectivity index (χ3n) is 5.60. The topological polar surface area (TPSA) is 90.2 Å². The second-order valence-electron chi connectivity index (χ2n) is 7.63. The summed E-state index contributed by atoms with van der Waals surface area (Å²) < 4.78 is 54.2. The van der Waals surface area contributed by atoms with Gasteiger partial charge in [-0.15, -0.1) is 6.58 Å². The van der Waals surface area contributed by atoms with Crippen molar-refractivity contribution >= 4 is 37.5 Å². The van der Waals surface area contributed by atoms with Gasteiger partial charge < -0.3 is 14.0 Å². The SMILES string of the molecule is C=CCn1c(=NC(=O)C2CCCN2S(=O)(=O)c2ccc(F)cc2)sc2cc3c(cc21)OCO3. The minimum absolute atomic E-state index is 0.0540. The van der Waals surface area contributed by atoms with Gasteiger partial charge in [0.1, 0.15) is 11.9 Å². The van der Waals surface area contributed by atoms with Crippen LogP contribution in [0.1, 0.15) is 12.8 Å². The van der Waals surface area contributed by atoms with Crippen LogP contribution in [-0.4, -0.2) is 42.6 Å². The molecule has 0 radical (unpaired) electrons. The summed E-state index contributed by atoms with van der Waals surface area (Å²) in [6.45, 7) is 4.55. The lowest BCUT2D eigenvalue weighted by Crippen LogP contribution is -2.40. The van der Waals surface area contributed by atoms with Crippen molar-refractivity contribution in [3.8, 4) is 11.5 Å². The third kappa shape index (κ3) is 3.85. The van der Waals surface area contributed by atoms with Gasteiger partial charge in [0.15, 0.2) is 16.3 Å². The summed E-state index contributed by atoms with van der Waals surface area (Å²) in [5, 5.41) is 0. The fourth-order valence-corrected chi connectivity index (χ4v) is 6.74. The van der Waals surface area contributed by atoms with Crippen molar-refractivity contribution < 1.29 is 27.1 Å². The Kier molecular flexibility index (Phi) is 5.55. The van der Waals surface area contributed by atoms with Gasteiger partial charge >= 0.3 is 0 Å². The molecule has 0 bridgehead atoms. The molecule has 11 heteroatoms. The summed E-state index contributed by atoms with van der Waals surface area (Å²) in [5.74, 6) is 0.169. The van der Waals surface area contributed by atoms with Crippen molar-refractivity contribution in [2.45, 2.75) is 30.3 Å². The molecule has 0 N–H and O–H groups in total. The van der Waals surface area contributed by atoms with E-state index in [9.17, 15) is 17.6 Å². The van der Waals surface area contributed by atoms with Crippen molar-refractivity contribution in [3.05, 3.63) is 59.7 Å². The van der Waals surface area contributed by atoms with Gasteiger partial charge in [0, 0.05) is 25.2 Å². The van der Waals surface area contributed by atoms with Crippen LogP contribution in [0.25, 0.3) is 10.2 Å². The van der Waals surface area contributed by atoms with Crippen molar-refractivity contribution in [2.24, 2.45) is 4.99 Å². The molecule has 0 saturated carbocycles. The molecule has 1 saturated heterocycles. The number of sulfonamides is 1. The van der Waals surface area contributed by atoms with Gasteiger partial charge in [0.05, 0.1) is 15.1 Å². The van der Waals surface area contributed by atoms with E-state index in [1.807, 2.05) is 16.7 Å². The van der Waals surface area contributed by atoms with E-state index in [4.69, 9.17) is 9.47 Å². The highest BCUT2D eigenvalue weighted by molar-refractivity contribution is 7.89. The molecule has 0 aliphatic carbocycles. The number of hydrogen-bond acceptors (Lipinski definition) is 6. The Morgan fingerprint density at radius 2 is 1.97 bits per heavy atom. The van der Waals surface area contributed by atoms with Crippen LogP contribution < -0.4 is 14.3 Å². The van der Waals surface area contributed by atoms with Crippen LogP contribution in [0.3, 0.4) is 0 Å². The molecular formula is C22H20FN3O5S2. The Bertz CT molecular complexity index is 1430. The van der Waals surface area contributed by atoms with Gasteiger partial charge in [-0.2, -0.15) is 9.30 Å². The van der Waals surface area contributed by atoms with Gasteiger partial charge in [0.25, 0.3) is 5.91 Å². The maximum Gasteiger partial charge on any atom is 0.266 e. The van der Waals surface area contributed by atoms with Crippen LogP contribution in [0.2, 0.25) is 0 Å². The fourth-order valence-electron chi connectivity index (χ4n) is 4.04. The average molecular weight is 490 g/mol. The molecule has 2 aliphatic rings. The predicted molar refractivity (Wildman–Crippen MR) is 120 cm³/mol. The highest BCUT2D eigenvalue weighted by Gasteiger charge is 2.39. The zero-order chi connectivity index (χ0) is 23.2. The van der Waals surface area contributed by atoms with Crippen LogP contribution in [-0.2, 0) is 21.4 Å². The van der Waals surface area contributed by atoms with E-state index in [0.717, 1.165) is 26.7 Å². The Morgan fingerprint density at radius 1 is 1.24 bits per heavy atom. The number of carbonyl (C=O) groups is 1. The molecule has 1 aromatic heterocycles. The smallest absolute Gasteiger partial charge is 0.266 e. The first kappa shape index (κ1) is 21.8. The summed E-state index contributed by atoms with van der Waals surface area (Å²) in [4.78, 5) is 17.9. The molecular weight excluding hydrogens is 469 g/mol. The molecule has 2 aliphatic heterocycles. The maximum atomic E-state index is 13.3. The number of halogens is 1. The van der Waals surface area contributed by atoms with Crippen LogP contribution in [0.15, 0.2) is 58.9 Å². The normalized spacial score (nSPS) is 18.8. The second kappa shape index (κ2) is 8.40. The van der Waals surface area contributed by atoms with Crippen LogP contribution >= 0.6 is 11.3 Å². The summed E-state index contributed by atoms with van der Waals surface area (Å²) in [5.41, 5.74) is 0.818. The number of rotatable bonds is 5. The summed E-state index contributed by atoms with van der Waals surface area (Å²) in [6, 6.07) is 7.34. The van der Waals surface area contributed by atoms with E-state index in [0.29, 0.717) is 35.7 Å². The second-order valence-corrected chi connectivity index (χ2v) is 10.5. The minimum Gasteiger partial charge on any atom is -0.454 e. The number of thiazole rings is 1. The number of fused-ring (bicyclic) bond motifs is 2. The Morgan fingerprint density at radius 3 is 2.70 bits per heavy atom. The molecule has 0 spiro atoms. The first-order chi connectivity index (χ1) is 15.9. The molecule has 1 fully saturated rings. The van der Waals surface area contributed by atoms with E-state index < -0.39 is 27.8 Å². The number of ether oxygens (including phenoxy) is 2. The van der Waals surface area contributed by atoms with E-state index in [1.54, 1.807) is 6.08 Å². The fraction of sp³-hybridized carbons (Fsp3) is 0.273. The first-order valence-electron chi connectivity index (χ1n) is 10.3. The van der Waals surface area contributed by atoms with Gasteiger partial charge in [-0.05, 0) is 37.1 Å². The molecule has 5 rings (SSSR count). The molecule has 3 aromatic rings. The molecule has 3 heterocycles. The molecule has 1 atom stereocenters. The monoisotopic (exact) mass is 489 g/mol. The standard InChI is InChI=1S/C22H20FN3O5S2/c1-2-9-25-17-11-18-19(31-13-30-18)12-20(17)32-22(25)24-21(27)16-4-3-10-26(16)33(28,29)15-7-5-14(23)6-8-15/h2,5-8,11-12,16H,1,3-4,9-10,13H2. The highest BCUT2D eigenvalue weighted by atomic mass is 32.2. The lowest BCUT2D eigenvalue weighted by atomic mass is 10.2. The van der Waals surface area contributed by atoms with E-state index in [1.165, 1.54) is 23.5 Å². The van der Waals surface area contributed by atoms with Crippen LogP contribution in [0.5, 0.6) is 11.5 Å². The number of benzene rings is 2. The quantitative estimate of drug-likeness (QED) is 0.514. The van der Waals surface area contributed by atoms with E-state index in [2.05, 4.69) is 11.6 Å². The summed E-state index contributed by atoms with van der Waals surface area (Å²) in [6.07, 6.45) is 2.60. The molecule has 8 nitrogen and oxygen atoms in total. The largest absolute Gasteiger partial charge is 0.454 e. The van der Waals surface area contributed by atoms with Crippen LogP contribution in [0.4, 0.5) is 4.39 Å². The van der Waals surface area contributed by atoms with Crippen LogP contribution in [0, 0.1) is 5.82 Å². The minimum atomic E-state index is -3.96. The molecule has 1 amide bonds. The Balaban J connectivity index is 1.52. The number of allylic oxidation sites excluding steroid dienone is 1. The molecule has 1 unspecified atom stereocenters. The summed E-state index contributed by atoms with van der Waals surface area (Å²) >= 11 is 1.31. The molecule has 172 valence electrons. The zero-order valence-corrected chi connectivity index (χ0v) is 19.1. The number of aromatic nitrogens is 1. The lowest BCUT2D eigenvalue weighted by molar-refractivity contribution is -0.121. The van der Waals surface area contributed by atoms with Gasteiger partial charge in [-0.3, -0.25) is 4.79 Å². The number of carbonyl (C=O) groups excluding carboxylic acids is 1. The maximum absolute atomic E-state index is 13.3. The average Bonchev–Trinajstić information content (AvgIpc) is 3.52. The Hall–Kier alpha value is -3.02. The van der Waals surface area contributed by atoms with Gasteiger partial charge in [-0.25, -0.2) is 12.8 Å². The third-order valence-corrected chi connectivity index (χ3v) is 8.57. The highest BCUT2D eigenvalue weighted by Crippen LogP contribution is 2.37. The molecule has 2 aromatic carbocycles. The molecule has 33 heavy (non-hydrogen) atoms. The number of amides is 1. The summed E-state index contributed by atoms with van der Waals surface area (Å²) in [7, 11) is -3.96. The van der Waals surface area contributed by atoms with Crippen molar-refractivity contribution in [1.29, 1.82) is 0 Å².